The summed E-state index contributed by atoms with van der Waals surface area (Å²) in [6.45, 7) is 1.89. The van der Waals surface area contributed by atoms with Crippen molar-refractivity contribution in [3.05, 3.63) is 36.7 Å². The fourth-order valence-corrected chi connectivity index (χ4v) is 2.66. The minimum Gasteiger partial charge on any atom is -0.497 e. The molecule has 0 atom stereocenters. The lowest BCUT2D eigenvalue weighted by molar-refractivity contribution is -0.118. The summed E-state index contributed by atoms with van der Waals surface area (Å²) in [6, 6.07) is 7.06. The number of hydrogen-bond acceptors (Lipinski definition) is 6. The third-order valence-corrected chi connectivity index (χ3v) is 3.99. The van der Waals surface area contributed by atoms with Gasteiger partial charge in [0.15, 0.2) is 6.61 Å². The van der Waals surface area contributed by atoms with Gasteiger partial charge in [-0.2, -0.15) is 0 Å². The SMILES string of the molecule is COc1ccc(OCC(=O)Nc2cnc(N3CCCCC3)nc2)cc1. The molecule has 2 heterocycles. The second-order valence-electron chi connectivity index (χ2n) is 5.83. The molecule has 0 spiro atoms. The van der Waals surface area contributed by atoms with Crippen LogP contribution in [-0.2, 0) is 4.79 Å². The molecule has 1 aromatic carbocycles. The van der Waals surface area contributed by atoms with Gasteiger partial charge >= 0.3 is 0 Å². The summed E-state index contributed by atoms with van der Waals surface area (Å²) >= 11 is 0. The van der Waals surface area contributed by atoms with E-state index < -0.39 is 0 Å². The summed E-state index contributed by atoms with van der Waals surface area (Å²) in [7, 11) is 1.60. The van der Waals surface area contributed by atoms with Gasteiger partial charge in [-0.1, -0.05) is 0 Å². The average Bonchev–Trinajstić information content (AvgIpc) is 2.68. The molecule has 25 heavy (non-hydrogen) atoms. The molecule has 1 aliphatic heterocycles. The molecular weight excluding hydrogens is 320 g/mol. The van der Waals surface area contributed by atoms with E-state index in [2.05, 4.69) is 20.2 Å². The molecule has 1 N–H and O–H groups in total. The number of ether oxygens (including phenoxy) is 2. The Hall–Kier alpha value is -2.83. The van der Waals surface area contributed by atoms with Crippen LogP contribution in [0.25, 0.3) is 0 Å². The Bertz CT molecular complexity index is 682. The van der Waals surface area contributed by atoms with Crippen molar-refractivity contribution in [2.75, 3.05) is 37.0 Å². The molecule has 0 bridgehead atoms. The lowest BCUT2D eigenvalue weighted by Crippen LogP contribution is -2.31. The Morgan fingerprint density at radius 2 is 1.72 bits per heavy atom. The van der Waals surface area contributed by atoms with Gasteiger partial charge in [-0.3, -0.25) is 4.79 Å². The van der Waals surface area contributed by atoms with Gasteiger partial charge < -0.3 is 19.7 Å². The number of carbonyl (C=O) groups is 1. The fraction of sp³-hybridized carbons (Fsp3) is 0.389. The van der Waals surface area contributed by atoms with E-state index in [0.717, 1.165) is 18.8 Å². The van der Waals surface area contributed by atoms with Gasteiger partial charge in [-0.15, -0.1) is 0 Å². The smallest absolute Gasteiger partial charge is 0.262 e. The number of carbonyl (C=O) groups excluding carboxylic acids is 1. The predicted molar refractivity (Wildman–Crippen MR) is 95.2 cm³/mol. The monoisotopic (exact) mass is 342 g/mol. The maximum atomic E-state index is 12.0. The van der Waals surface area contributed by atoms with E-state index >= 15 is 0 Å². The zero-order valence-electron chi connectivity index (χ0n) is 14.3. The zero-order valence-corrected chi connectivity index (χ0v) is 14.3. The summed E-state index contributed by atoms with van der Waals surface area (Å²) in [5.74, 6) is 1.80. The molecule has 7 heteroatoms. The van der Waals surface area contributed by atoms with Crippen molar-refractivity contribution in [3.63, 3.8) is 0 Å². The van der Waals surface area contributed by atoms with Gasteiger partial charge in [0.25, 0.3) is 5.91 Å². The normalized spacial score (nSPS) is 14.0. The van der Waals surface area contributed by atoms with Crippen LogP contribution in [0.2, 0.25) is 0 Å². The Labute approximate surface area is 147 Å². The minimum absolute atomic E-state index is 0.0831. The number of methoxy groups -OCH3 is 1. The summed E-state index contributed by atoms with van der Waals surface area (Å²) in [6.07, 6.45) is 6.86. The van der Waals surface area contributed by atoms with Crippen molar-refractivity contribution in [1.82, 2.24) is 9.97 Å². The topological polar surface area (TPSA) is 76.6 Å². The van der Waals surface area contributed by atoms with Gasteiger partial charge in [0.2, 0.25) is 5.95 Å². The Morgan fingerprint density at radius 3 is 2.36 bits per heavy atom. The van der Waals surface area contributed by atoms with Crippen molar-refractivity contribution < 1.29 is 14.3 Å². The molecule has 1 aliphatic rings. The standard InChI is InChI=1S/C18H22N4O3/c1-24-15-5-7-16(8-6-15)25-13-17(23)21-14-11-19-18(20-12-14)22-9-3-2-4-10-22/h5-8,11-12H,2-4,9-10,13H2,1H3,(H,21,23). The number of hydrogen-bond donors (Lipinski definition) is 1. The Balaban J connectivity index is 1.48. The summed E-state index contributed by atoms with van der Waals surface area (Å²) in [4.78, 5) is 22.8. The summed E-state index contributed by atoms with van der Waals surface area (Å²) < 4.78 is 10.5. The largest absolute Gasteiger partial charge is 0.497 e. The van der Waals surface area contributed by atoms with Gasteiger partial charge in [0.05, 0.1) is 25.2 Å². The average molecular weight is 342 g/mol. The van der Waals surface area contributed by atoms with Crippen LogP contribution < -0.4 is 19.7 Å². The highest BCUT2D eigenvalue weighted by Crippen LogP contribution is 2.18. The molecule has 1 aromatic heterocycles. The number of benzene rings is 1. The first-order valence-electron chi connectivity index (χ1n) is 8.38. The van der Waals surface area contributed by atoms with E-state index in [-0.39, 0.29) is 12.5 Å². The molecular formula is C18H22N4O3. The third-order valence-electron chi connectivity index (χ3n) is 3.99. The maximum Gasteiger partial charge on any atom is 0.262 e. The number of piperidine rings is 1. The minimum atomic E-state index is -0.259. The van der Waals surface area contributed by atoms with Crippen molar-refractivity contribution in [3.8, 4) is 11.5 Å². The van der Waals surface area contributed by atoms with Crippen LogP contribution in [0.5, 0.6) is 11.5 Å². The number of nitrogens with one attached hydrogen (secondary N) is 1. The number of rotatable bonds is 6. The summed E-state index contributed by atoms with van der Waals surface area (Å²) in [5, 5.41) is 2.73. The van der Waals surface area contributed by atoms with Gasteiger partial charge in [-0.25, -0.2) is 9.97 Å². The maximum absolute atomic E-state index is 12.0. The van der Waals surface area contributed by atoms with E-state index in [1.807, 2.05) is 0 Å². The lowest BCUT2D eigenvalue weighted by atomic mass is 10.1. The van der Waals surface area contributed by atoms with Crippen LogP contribution in [-0.4, -0.2) is 42.7 Å². The van der Waals surface area contributed by atoms with Crippen molar-refractivity contribution in [2.24, 2.45) is 0 Å². The van der Waals surface area contributed by atoms with Gasteiger partial charge in [0.1, 0.15) is 11.5 Å². The van der Waals surface area contributed by atoms with E-state index in [9.17, 15) is 4.79 Å². The number of nitrogens with zero attached hydrogens (tertiary/aromatic N) is 3. The van der Waals surface area contributed by atoms with Crippen LogP contribution in [0.3, 0.4) is 0 Å². The molecule has 7 nitrogen and oxygen atoms in total. The predicted octanol–water partition coefficient (Wildman–Crippen LogP) is 2.49. The number of aromatic nitrogens is 2. The van der Waals surface area contributed by atoms with Crippen molar-refractivity contribution in [2.45, 2.75) is 19.3 Å². The zero-order chi connectivity index (χ0) is 17.5. The first-order valence-corrected chi connectivity index (χ1v) is 8.38. The Kier molecular flexibility index (Phi) is 5.66. The molecule has 2 aromatic rings. The van der Waals surface area contributed by atoms with Gasteiger partial charge in [-0.05, 0) is 43.5 Å². The second kappa shape index (κ2) is 8.32. The molecule has 1 amide bonds. The van der Waals surface area contributed by atoms with Crippen LogP contribution in [0.4, 0.5) is 11.6 Å². The van der Waals surface area contributed by atoms with Gasteiger partial charge in [0, 0.05) is 13.1 Å². The molecule has 3 rings (SSSR count). The first kappa shape index (κ1) is 17.0. The van der Waals surface area contributed by atoms with Crippen LogP contribution in [0.15, 0.2) is 36.7 Å². The molecule has 0 unspecified atom stereocenters. The van der Waals surface area contributed by atoms with E-state index in [1.165, 1.54) is 19.3 Å². The fourth-order valence-electron chi connectivity index (χ4n) is 2.66. The van der Waals surface area contributed by atoms with E-state index in [4.69, 9.17) is 9.47 Å². The molecule has 0 aliphatic carbocycles. The number of amides is 1. The van der Waals surface area contributed by atoms with Crippen molar-refractivity contribution in [1.29, 1.82) is 0 Å². The quantitative estimate of drug-likeness (QED) is 0.869. The van der Waals surface area contributed by atoms with Crippen LogP contribution in [0, 0.1) is 0 Å². The summed E-state index contributed by atoms with van der Waals surface area (Å²) in [5.41, 5.74) is 0.559. The highest BCUT2D eigenvalue weighted by atomic mass is 16.5. The molecule has 0 saturated carbocycles. The molecule has 1 fully saturated rings. The molecule has 132 valence electrons. The molecule has 1 saturated heterocycles. The molecule has 0 radical (unpaired) electrons. The van der Waals surface area contributed by atoms with Crippen molar-refractivity contribution >= 4 is 17.5 Å². The highest BCUT2D eigenvalue weighted by Gasteiger charge is 2.13. The second-order valence-corrected chi connectivity index (χ2v) is 5.83. The Morgan fingerprint density at radius 1 is 1.08 bits per heavy atom. The third kappa shape index (κ3) is 4.82. The lowest BCUT2D eigenvalue weighted by Gasteiger charge is -2.26. The highest BCUT2D eigenvalue weighted by molar-refractivity contribution is 5.91. The first-order chi connectivity index (χ1) is 12.2. The van der Waals surface area contributed by atoms with E-state index in [1.54, 1.807) is 43.8 Å². The number of anilines is 2. The van der Waals surface area contributed by atoms with Crippen LogP contribution >= 0.6 is 0 Å². The van der Waals surface area contributed by atoms with Crippen LogP contribution in [0.1, 0.15) is 19.3 Å². The van der Waals surface area contributed by atoms with E-state index in [0.29, 0.717) is 17.4 Å².